The van der Waals surface area contributed by atoms with Gasteiger partial charge in [0.1, 0.15) is 13.2 Å². The fourth-order valence-electron chi connectivity index (χ4n) is 1.56. The van der Waals surface area contributed by atoms with E-state index in [0.29, 0.717) is 30.7 Å². The van der Waals surface area contributed by atoms with Gasteiger partial charge in [-0.2, -0.15) is 0 Å². The van der Waals surface area contributed by atoms with Gasteiger partial charge in [-0.25, -0.2) is 4.79 Å². The normalized spacial score (nSPS) is 15.9. The number of ether oxygens (including phenoxy) is 1. The second kappa shape index (κ2) is 10.2. The van der Waals surface area contributed by atoms with Gasteiger partial charge in [-0.05, 0) is 13.3 Å². The lowest BCUT2D eigenvalue weighted by Gasteiger charge is -2.24. The van der Waals surface area contributed by atoms with Crippen molar-refractivity contribution < 1.29 is 28.0 Å². The van der Waals surface area contributed by atoms with Crippen molar-refractivity contribution in [1.82, 2.24) is 10.6 Å². The molecule has 1 unspecified atom stereocenters. The zero-order valence-electron chi connectivity index (χ0n) is 14.3. The summed E-state index contributed by atoms with van der Waals surface area (Å²) in [5.41, 5.74) is 0. The van der Waals surface area contributed by atoms with E-state index in [0.717, 1.165) is 0 Å². The van der Waals surface area contributed by atoms with Crippen molar-refractivity contribution in [3.8, 4) is 0 Å². The van der Waals surface area contributed by atoms with Crippen molar-refractivity contribution in [2.45, 2.75) is 19.4 Å². The first kappa shape index (κ1) is 21.3. The maximum atomic E-state index is 12.0. The summed E-state index contributed by atoms with van der Waals surface area (Å²) in [5.74, 6) is 0. The minimum atomic E-state index is -3.65. The molecule has 3 N–H and O–H groups in total. The summed E-state index contributed by atoms with van der Waals surface area (Å²) in [6.07, 6.45) is 0.289. The van der Waals surface area contributed by atoms with Crippen molar-refractivity contribution in [1.29, 1.82) is 0 Å². The first-order chi connectivity index (χ1) is 10.1. The number of likely N-dealkylation sites (N-methyl/N-ethyl adjacent to an activating group) is 1. The summed E-state index contributed by atoms with van der Waals surface area (Å²) < 4.78 is 23.0. The van der Waals surface area contributed by atoms with Gasteiger partial charge >= 0.3 is 13.6 Å². The Hall–Kier alpha value is -0.660. The van der Waals surface area contributed by atoms with Crippen molar-refractivity contribution in [3.05, 3.63) is 0 Å². The first-order valence-electron chi connectivity index (χ1n) is 7.42. The molecule has 0 aliphatic heterocycles. The molecular weight excluding hydrogens is 309 g/mol. The average molecular weight is 340 g/mol. The van der Waals surface area contributed by atoms with E-state index in [1.54, 1.807) is 0 Å². The number of carbonyl (C=O) groups excluding carboxylic acids is 1. The minimum Gasteiger partial charge on any atom is -0.380 e. The highest BCUT2D eigenvalue weighted by molar-refractivity contribution is 7.52. The van der Waals surface area contributed by atoms with E-state index in [2.05, 4.69) is 10.6 Å². The first-order valence-corrected chi connectivity index (χ1v) is 9.18. The number of quaternary nitrogens is 1. The third kappa shape index (κ3) is 11.9. The Morgan fingerprint density at radius 2 is 2.00 bits per heavy atom. The largest absolute Gasteiger partial charge is 0.380 e. The highest BCUT2D eigenvalue weighted by Gasteiger charge is 2.23. The van der Waals surface area contributed by atoms with E-state index in [4.69, 9.17) is 9.26 Å². The smallest absolute Gasteiger partial charge is 0.328 e. The molecule has 0 aromatic heterocycles. The fraction of sp³-hybridized carbons (Fsp3) is 0.923. The maximum Gasteiger partial charge on any atom is 0.328 e. The SMILES string of the molecule is CCOC[C@@H](CCP(=O)(O)OCC[N+](C)(C)C)NC(=O)NC. The number of hydrogen-bond acceptors (Lipinski definition) is 4. The Morgan fingerprint density at radius 1 is 1.36 bits per heavy atom. The van der Waals surface area contributed by atoms with Crippen LogP contribution in [0.3, 0.4) is 0 Å². The van der Waals surface area contributed by atoms with Gasteiger partial charge in [0.25, 0.3) is 0 Å². The van der Waals surface area contributed by atoms with E-state index in [9.17, 15) is 14.3 Å². The van der Waals surface area contributed by atoms with Crippen LogP contribution in [0.1, 0.15) is 13.3 Å². The van der Waals surface area contributed by atoms with Gasteiger partial charge in [-0.15, -0.1) is 0 Å². The lowest BCUT2D eigenvalue weighted by Crippen LogP contribution is -2.43. The van der Waals surface area contributed by atoms with E-state index in [-0.39, 0.29) is 24.8 Å². The summed E-state index contributed by atoms with van der Waals surface area (Å²) in [7, 11) is 3.81. The zero-order chi connectivity index (χ0) is 17.2. The molecule has 0 saturated heterocycles. The monoisotopic (exact) mass is 340 g/mol. The topological polar surface area (TPSA) is 96.9 Å². The standard InChI is InChI=1S/C13H30N3O5P/c1-6-20-11-12(15-13(17)14-2)7-10-22(18,19)21-9-8-16(3,4)5/h12H,6-11H2,1-5H3,(H2-,14,15,17,18,19)/p+1/t12-/m1/s1. The minimum absolute atomic E-state index is 0.0219. The van der Waals surface area contributed by atoms with Gasteiger partial charge in [-0.1, -0.05) is 0 Å². The molecule has 0 aromatic carbocycles. The molecule has 8 nitrogen and oxygen atoms in total. The van der Waals surface area contributed by atoms with Crippen LogP contribution in [0.4, 0.5) is 4.79 Å². The van der Waals surface area contributed by atoms with Crippen LogP contribution < -0.4 is 10.6 Å². The maximum absolute atomic E-state index is 12.0. The summed E-state index contributed by atoms with van der Waals surface area (Å²) in [6, 6.07) is -0.675. The van der Waals surface area contributed by atoms with Crippen LogP contribution >= 0.6 is 7.60 Å². The van der Waals surface area contributed by atoms with Gasteiger partial charge in [0.05, 0.1) is 40.0 Å². The van der Waals surface area contributed by atoms with E-state index >= 15 is 0 Å². The van der Waals surface area contributed by atoms with Gasteiger partial charge in [-0.3, -0.25) is 4.57 Å². The van der Waals surface area contributed by atoms with Crippen LogP contribution in [-0.4, -0.2) is 82.2 Å². The highest BCUT2D eigenvalue weighted by Crippen LogP contribution is 2.42. The van der Waals surface area contributed by atoms with E-state index in [1.807, 2.05) is 28.1 Å². The molecule has 0 radical (unpaired) electrons. The second-order valence-corrected chi connectivity index (χ2v) is 8.06. The molecule has 22 heavy (non-hydrogen) atoms. The molecule has 0 bridgehead atoms. The Labute approximate surface area is 133 Å². The lowest BCUT2D eigenvalue weighted by molar-refractivity contribution is -0.870. The van der Waals surface area contributed by atoms with Crippen molar-refractivity contribution in [3.63, 3.8) is 0 Å². The summed E-state index contributed by atoms with van der Waals surface area (Å²) in [6.45, 7) is 3.52. The van der Waals surface area contributed by atoms with Crippen LogP contribution in [0.5, 0.6) is 0 Å². The number of nitrogens with zero attached hydrogens (tertiary/aromatic N) is 1. The lowest BCUT2D eigenvalue weighted by atomic mass is 10.2. The third-order valence-electron chi connectivity index (χ3n) is 2.90. The van der Waals surface area contributed by atoms with Gasteiger partial charge in [0.2, 0.25) is 0 Å². The molecule has 0 rings (SSSR count). The van der Waals surface area contributed by atoms with Gasteiger partial charge in [0.15, 0.2) is 0 Å². The Bertz CT molecular complexity index is 373. The van der Waals surface area contributed by atoms with Gasteiger partial charge in [0, 0.05) is 13.7 Å². The molecule has 0 heterocycles. The van der Waals surface area contributed by atoms with Crippen LogP contribution in [0, 0.1) is 0 Å². The average Bonchev–Trinajstić information content (AvgIpc) is 2.39. The van der Waals surface area contributed by atoms with Crippen molar-refractivity contribution in [2.75, 3.05) is 60.7 Å². The number of nitrogens with one attached hydrogen (secondary N) is 2. The molecule has 2 amide bonds. The third-order valence-corrected chi connectivity index (χ3v) is 4.31. The number of urea groups is 1. The van der Waals surface area contributed by atoms with Crippen molar-refractivity contribution >= 4 is 13.6 Å². The molecule has 9 heteroatoms. The highest BCUT2D eigenvalue weighted by atomic mass is 31.2. The number of carbonyl (C=O) groups is 1. The molecule has 0 aromatic rings. The van der Waals surface area contributed by atoms with Crippen LogP contribution in [0.2, 0.25) is 0 Å². The Kier molecular flexibility index (Phi) is 9.87. The molecule has 0 saturated carbocycles. The second-order valence-electron chi connectivity index (χ2n) is 6.08. The molecule has 0 aliphatic carbocycles. The van der Waals surface area contributed by atoms with Crippen LogP contribution in [-0.2, 0) is 13.8 Å². The van der Waals surface area contributed by atoms with Gasteiger partial charge < -0.3 is 29.3 Å². The predicted molar refractivity (Wildman–Crippen MR) is 86.0 cm³/mol. The number of rotatable bonds is 11. The molecule has 0 aliphatic rings. The Balaban J connectivity index is 4.29. The number of amides is 2. The summed E-state index contributed by atoms with van der Waals surface area (Å²) >= 11 is 0. The quantitative estimate of drug-likeness (QED) is 0.378. The van der Waals surface area contributed by atoms with Crippen molar-refractivity contribution in [2.24, 2.45) is 0 Å². The van der Waals surface area contributed by atoms with E-state index < -0.39 is 7.60 Å². The Morgan fingerprint density at radius 3 is 2.50 bits per heavy atom. The summed E-state index contributed by atoms with van der Waals surface area (Å²) in [4.78, 5) is 21.2. The summed E-state index contributed by atoms with van der Waals surface area (Å²) in [5, 5.41) is 5.14. The molecule has 132 valence electrons. The number of hydrogen-bond donors (Lipinski definition) is 3. The predicted octanol–water partition coefficient (Wildman–Crippen LogP) is 0.619. The molecule has 0 fully saturated rings. The van der Waals surface area contributed by atoms with Crippen LogP contribution in [0.15, 0.2) is 0 Å². The molecular formula is C13H31N3O5P+. The van der Waals surface area contributed by atoms with Crippen LogP contribution in [0.25, 0.3) is 0 Å². The van der Waals surface area contributed by atoms with E-state index in [1.165, 1.54) is 7.05 Å². The fourth-order valence-corrected chi connectivity index (χ4v) is 2.69. The molecule has 2 atom stereocenters. The zero-order valence-corrected chi connectivity index (χ0v) is 15.2. The molecule has 0 spiro atoms.